The van der Waals surface area contributed by atoms with Gasteiger partial charge in [0.1, 0.15) is 19.3 Å². The van der Waals surface area contributed by atoms with Crippen LogP contribution in [0, 0.1) is 0 Å². The van der Waals surface area contributed by atoms with Gasteiger partial charge in [0.2, 0.25) is 0 Å². The summed E-state index contributed by atoms with van der Waals surface area (Å²) in [5.74, 6) is -2.24. The molecule has 0 fully saturated rings. The minimum Gasteiger partial charge on any atom is -0.462 e. The second kappa shape index (κ2) is 69.5. The fourth-order valence-corrected chi connectivity index (χ4v) is 11.4. The Balaban J connectivity index is 5.37. The highest BCUT2D eigenvalue weighted by Gasteiger charge is 2.30. The fraction of sp³-hybridized carbons (Fsp3) is 0.740. The third-order valence-electron chi connectivity index (χ3n) is 15.5. The molecule has 0 aliphatic carbocycles. The first kappa shape index (κ1) is 92.0. The molecule has 0 saturated heterocycles. The maximum atomic E-state index is 13.1. The van der Waals surface area contributed by atoms with Gasteiger partial charge in [-0.25, -0.2) is 9.13 Å². The van der Waals surface area contributed by atoms with Crippen molar-refractivity contribution in [2.24, 2.45) is 0 Å². The van der Waals surface area contributed by atoms with Crippen LogP contribution in [0.1, 0.15) is 310 Å². The topological polar surface area (TPSA) is 237 Å². The molecule has 0 heterocycles. The Hall–Kier alpha value is -4.02. The Kier molecular flexibility index (Phi) is 66.6. The van der Waals surface area contributed by atoms with Gasteiger partial charge in [-0.15, -0.1) is 0 Å². The van der Waals surface area contributed by atoms with E-state index in [-0.39, 0.29) is 25.7 Å². The summed E-state index contributed by atoms with van der Waals surface area (Å²) in [6.07, 6.45) is 71.2. The SMILES string of the molecule is CC/C=C\C/C=C\C/C=C\C/C=C\CCCCC(=O)OCC(COP(=O)(O)OCC(O)COP(=O)(O)OCC(COC(=O)CCCCCCCCCCCCCCCCC)OC(=O)CCCCCCC/C=C\C/C=C\CCC)OC(=O)CCCCCCC/C=C\C/C=C\CCC. The summed E-state index contributed by atoms with van der Waals surface area (Å²) in [5, 5.41) is 10.6. The highest BCUT2D eigenvalue weighted by Crippen LogP contribution is 2.45. The van der Waals surface area contributed by atoms with Crippen molar-refractivity contribution in [3.05, 3.63) is 97.2 Å². The number of unbranched alkanes of at least 4 members (excludes halogenated alkanes) is 28. The van der Waals surface area contributed by atoms with Crippen LogP contribution in [0.3, 0.4) is 0 Å². The molecule has 0 amide bonds. The van der Waals surface area contributed by atoms with Crippen LogP contribution in [0.4, 0.5) is 0 Å². The first-order valence-corrected chi connectivity index (χ1v) is 40.5. The lowest BCUT2D eigenvalue weighted by atomic mass is 10.0. The van der Waals surface area contributed by atoms with Gasteiger partial charge in [-0.1, -0.05) is 266 Å². The number of allylic oxidation sites excluding steroid dienone is 16. The normalized spacial score (nSPS) is 14.5. The van der Waals surface area contributed by atoms with Crippen LogP contribution in [-0.4, -0.2) is 96.7 Å². The highest BCUT2D eigenvalue weighted by molar-refractivity contribution is 7.47. The van der Waals surface area contributed by atoms with E-state index >= 15 is 0 Å². The van der Waals surface area contributed by atoms with Crippen LogP contribution in [-0.2, 0) is 65.4 Å². The number of phosphoric acid groups is 2. The van der Waals surface area contributed by atoms with Crippen LogP contribution in [0.15, 0.2) is 97.2 Å². The lowest BCUT2D eigenvalue weighted by molar-refractivity contribution is -0.161. The van der Waals surface area contributed by atoms with E-state index in [1.54, 1.807) is 0 Å². The van der Waals surface area contributed by atoms with Gasteiger partial charge in [0.15, 0.2) is 12.2 Å². The maximum absolute atomic E-state index is 13.1. The third kappa shape index (κ3) is 68.5. The molecular weight excluding hydrogens is 1260 g/mol. The molecule has 0 aliphatic heterocycles. The van der Waals surface area contributed by atoms with Gasteiger partial charge < -0.3 is 33.8 Å². The van der Waals surface area contributed by atoms with E-state index in [4.69, 9.17) is 37.0 Å². The lowest BCUT2D eigenvalue weighted by Crippen LogP contribution is -2.30. The number of aliphatic hydroxyl groups is 1. The second-order valence-corrected chi connectivity index (χ2v) is 27.8. The van der Waals surface area contributed by atoms with Gasteiger partial charge in [-0.3, -0.25) is 37.3 Å². The molecule has 554 valence electrons. The largest absolute Gasteiger partial charge is 0.472 e. The quantitative estimate of drug-likeness (QED) is 0.0169. The average Bonchev–Trinajstić information content (AvgIpc) is 1.14. The first-order chi connectivity index (χ1) is 46.7. The van der Waals surface area contributed by atoms with Gasteiger partial charge in [-0.05, 0) is 116 Å². The zero-order valence-corrected chi connectivity index (χ0v) is 62.1. The number of hydrogen-bond acceptors (Lipinski definition) is 15. The monoisotopic (exact) mass is 1390 g/mol. The maximum Gasteiger partial charge on any atom is 0.472 e. The number of phosphoric ester groups is 2. The van der Waals surface area contributed by atoms with Gasteiger partial charge in [0, 0.05) is 25.7 Å². The van der Waals surface area contributed by atoms with E-state index in [0.717, 1.165) is 161 Å². The Morgan fingerprint density at radius 3 is 0.896 bits per heavy atom. The number of carbonyl (C=O) groups is 4. The minimum atomic E-state index is -4.98. The van der Waals surface area contributed by atoms with Crippen molar-refractivity contribution in [2.75, 3.05) is 39.6 Å². The summed E-state index contributed by atoms with van der Waals surface area (Å²) in [6, 6.07) is 0. The van der Waals surface area contributed by atoms with Crippen LogP contribution >= 0.6 is 15.6 Å². The van der Waals surface area contributed by atoms with Crippen LogP contribution in [0.5, 0.6) is 0 Å². The van der Waals surface area contributed by atoms with Crippen molar-refractivity contribution >= 4 is 39.5 Å². The van der Waals surface area contributed by atoms with Crippen LogP contribution in [0.2, 0.25) is 0 Å². The van der Waals surface area contributed by atoms with Crippen molar-refractivity contribution < 1.29 is 80.2 Å². The minimum absolute atomic E-state index is 0.0689. The number of carbonyl (C=O) groups excluding carboxylic acids is 4. The van der Waals surface area contributed by atoms with Crippen LogP contribution in [0.25, 0.3) is 0 Å². The molecule has 5 atom stereocenters. The second-order valence-electron chi connectivity index (χ2n) is 24.9. The molecule has 17 nitrogen and oxygen atoms in total. The summed E-state index contributed by atoms with van der Waals surface area (Å²) < 4.78 is 68.3. The molecule has 19 heteroatoms. The van der Waals surface area contributed by atoms with E-state index in [0.29, 0.717) is 25.7 Å². The van der Waals surface area contributed by atoms with Crippen molar-refractivity contribution in [3.8, 4) is 0 Å². The smallest absolute Gasteiger partial charge is 0.462 e. The molecule has 0 rings (SSSR count). The van der Waals surface area contributed by atoms with Crippen molar-refractivity contribution in [1.82, 2.24) is 0 Å². The third-order valence-corrected chi connectivity index (χ3v) is 17.4. The molecule has 0 spiro atoms. The van der Waals surface area contributed by atoms with Crippen molar-refractivity contribution in [1.29, 1.82) is 0 Å². The van der Waals surface area contributed by atoms with Gasteiger partial charge in [-0.2, -0.15) is 0 Å². The summed E-state index contributed by atoms with van der Waals surface area (Å²) in [4.78, 5) is 72.7. The number of esters is 4. The Morgan fingerprint density at radius 2 is 0.562 bits per heavy atom. The standard InChI is InChI=1S/C77H134O17P2/c1-5-9-13-17-21-25-29-33-35-39-41-45-49-53-57-61-74(79)87-67-72(93-76(81)63-59-55-51-47-43-37-31-27-23-19-15-11-7-3)69-91-95(83,84)89-65-71(78)66-90-96(85,86)92-70-73(94-77(82)64-60-56-52-48-44-38-32-28-24-20-16-12-8-4)68-88-75(80)62-58-54-50-46-42-40-36-34-30-26-22-18-14-10-6-2/h9,13,15-16,19-21,25,27-28,31-33,35,41,45,71-73,78H,5-8,10-12,14,17-18,22-24,26,29-30,34,36-40,42-44,46-70H2,1-4H3,(H,83,84)(H,85,86)/b13-9-,19-15-,20-16-,25-21-,31-27-,32-28-,35-33-,45-41-. The molecular formula is C77H134O17P2. The van der Waals surface area contributed by atoms with Crippen LogP contribution < -0.4 is 0 Å². The molecule has 0 aliphatic rings. The fourth-order valence-electron chi connectivity index (χ4n) is 9.82. The number of rotatable bonds is 70. The summed E-state index contributed by atoms with van der Waals surface area (Å²) in [7, 11) is -9.96. The van der Waals surface area contributed by atoms with E-state index < -0.39 is 97.5 Å². The predicted octanol–water partition coefficient (Wildman–Crippen LogP) is 21.2. The van der Waals surface area contributed by atoms with E-state index in [1.165, 1.54) is 70.6 Å². The average molecular weight is 1390 g/mol. The van der Waals surface area contributed by atoms with Gasteiger partial charge >= 0.3 is 39.5 Å². The highest BCUT2D eigenvalue weighted by atomic mass is 31.2. The molecule has 96 heavy (non-hydrogen) atoms. The number of hydrogen-bond donors (Lipinski definition) is 3. The lowest BCUT2D eigenvalue weighted by Gasteiger charge is -2.21. The molecule has 0 radical (unpaired) electrons. The van der Waals surface area contributed by atoms with Gasteiger partial charge in [0.25, 0.3) is 0 Å². The Labute approximate surface area is 582 Å². The summed E-state index contributed by atoms with van der Waals surface area (Å²) in [6.45, 7) is 4.57. The van der Waals surface area contributed by atoms with E-state index in [9.17, 15) is 43.2 Å². The molecule has 3 N–H and O–H groups in total. The van der Waals surface area contributed by atoms with Crippen molar-refractivity contribution in [3.63, 3.8) is 0 Å². The van der Waals surface area contributed by atoms with E-state index in [2.05, 4.69) is 125 Å². The Morgan fingerprint density at radius 1 is 0.302 bits per heavy atom. The number of aliphatic hydroxyl groups excluding tert-OH is 1. The summed E-state index contributed by atoms with van der Waals surface area (Å²) >= 11 is 0. The molecule has 0 saturated carbocycles. The molecule has 5 unspecified atom stereocenters. The molecule has 0 bridgehead atoms. The molecule has 0 aromatic heterocycles. The zero-order chi connectivity index (χ0) is 70.4. The predicted molar refractivity (Wildman–Crippen MR) is 390 cm³/mol. The molecule has 0 aromatic carbocycles. The van der Waals surface area contributed by atoms with E-state index in [1.807, 2.05) is 0 Å². The zero-order valence-electron chi connectivity index (χ0n) is 60.3. The number of ether oxygens (including phenoxy) is 4. The van der Waals surface area contributed by atoms with Gasteiger partial charge in [0.05, 0.1) is 26.4 Å². The van der Waals surface area contributed by atoms with Crippen molar-refractivity contribution in [2.45, 2.75) is 329 Å². The summed E-state index contributed by atoms with van der Waals surface area (Å²) in [5.41, 5.74) is 0. The first-order valence-electron chi connectivity index (χ1n) is 37.5. The Bertz CT molecular complexity index is 2200. The molecule has 0 aromatic rings.